The molecule has 1 aliphatic heterocycles. The number of carbonyl (C=O) groups is 1. The second kappa shape index (κ2) is 3.81. The van der Waals surface area contributed by atoms with E-state index in [0.717, 1.165) is 31.4 Å². The van der Waals surface area contributed by atoms with Crippen molar-refractivity contribution < 1.29 is 4.79 Å². The molecule has 84 valence electrons. The molecule has 2 N–H and O–H groups in total. The lowest BCUT2D eigenvalue weighted by molar-refractivity contribution is -0.120. The number of anilines is 1. The molecule has 3 heteroatoms. The lowest BCUT2D eigenvalue weighted by Crippen LogP contribution is -2.27. The lowest BCUT2D eigenvalue weighted by Gasteiger charge is -2.08. The molecule has 1 aromatic carbocycles. The van der Waals surface area contributed by atoms with Gasteiger partial charge >= 0.3 is 0 Å². The number of hydrogen-bond donors (Lipinski definition) is 2. The molecule has 1 heterocycles. The highest BCUT2D eigenvalue weighted by molar-refractivity contribution is 5.81. The fourth-order valence-corrected chi connectivity index (χ4v) is 2.24. The van der Waals surface area contributed by atoms with Gasteiger partial charge in [-0.2, -0.15) is 0 Å². The third-order valence-corrected chi connectivity index (χ3v) is 3.23. The molecule has 1 amide bonds. The topological polar surface area (TPSA) is 41.1 Å². The van der Waals surface area contributed by atoms with E-state index in [1.807, 2.05) is 12.1 Å². The molecule has 1 aromatic rings. The molecule has 0 radical (unpaired) electrons. The van der Waals surface area contributed by atoms with Crippen LogP contribution in [-0.4, -0.2) is 18.5 Å². The van der Waals surface area contributed by atoms with Crippen molar-refractivity contribution in [2.24, 2.45) is 0 Å². The van der Waals surface area contributed by atoms with Gasteiger partial charge in [0.2, 0.25) is 5.91 Å². The van der Waals surface area contributed by atoms with E-state index in [4.69, 9.17) is 0 Å². The SMILES string of the molecule is O=C(Cc1cccc2c1NCC2)NC1CC1. The Morgan fingerprint density at radius 3 is 3.12 bits per heavy atom. The monoisotopic (exact) mass is 216 g/mol. The lowest BCUT2D eigenvalue weighted by atomic mass is 10.0. The van der Waals surface area contributed by atoms with Crippen molar-refractivity contribution in [2.75, 3.05) is 11.9 Å². The van der Waals surface area contributed by atoms with Gasteiger partial charge in [0.1, 0.15) is 0 Å². The van der Waals surface area contributed by atoms with E-state index in [1.54, 1.807) is 0 Å². The Bertz CT molecular complexity index is 424. The third-order valence-electron chi connectivity index (χ3n) is 3.23. The number of fused-ring (bicyclic) bond motifs is 1. The van der Waals surface area contributed by atoms with Crippen LogP contribution < -0.4 is 10.6 Å². The van der Waals surface area contributed by atoms with E-state index in [0.29, 0.717) is 12.5 Å². The van der Waals surface area contributed by atoms with Gasteiger partial charge in [0.15, 0.2) is 0 Å². The maximum absolute atomic E-state index is 11.7. The van der Waals surface area contributed by atoms with Crippen LogP contribution in [-0.2, 0) is 17.6 Å². The van der Waals surface area contributed by atoms with Gasteiger partial charge in [-0.05, 0) is 30.4 Å². The minimum atomic E-state index is 0.157. The Morgan fingerprint density at radius 1 is 1.44 bits per heavy atom. The molecule has 3 rings (SSSR count). The summed E-state index contributed by atoms with van der Waals surface area (Å²) >= 11 is 0. The zero-order chi connectivity index (χ0) is 11.0. The first-order valence-corrected chi connectivity index (χ1v) is 5.97. The summed E-state index contributed by atoms with van der Waals surface area (Å²) in [4.78, 5) is 11.7. The number of hydrogen-bond acceptors (Lipinski definition) is 2. The summed E-state index contributed by atoms with van der Waals surface area (Å²) in [6.45, 7) is 0.997. The van der Waals surface area contributed by atoms with Crippen LogP contribution in [0.2, 0.25) is 0 Å². The Morgan fingerprint density at radius 2 is 2.31 bits per heavy atom. The number of benzene rings is 1. The summed E-state index contributed by atoms with van der Waals surface area (Å²) in [5.74, 6) is 0.157. The summed E-state index contributed by atoms with van der Waals surface area (Å²) in [5.41, 5.74) is 3.67. The normalized spacial score (nSPS) is 17.8. The number of para-hydroxylation sites is 1. The molecule has 0 unspecified atom stereocenters. The second-order valence-electron chi connectivity index (χ2n) is 4.65. The average molecular weight is 216 g/mol. The fourth-order valence-electron chi connectivity index (χ4n) is 2.24. The van der Waals surface area contributed by atoms with E-state index in [2.05, 4.69) is 16.7 Å². The fraction of sp³-hybridized carbons (Fsp3) is 0.462. The van der Waals surface area contributed by atoms with Crippen LogP contribution in [0.4, 0.5) is 5.69 Å². The molecule has 0 atom stereocenters. The minimum absolute atomic E-state index is 0.157. The van der Waals surface area contributed by atoms with Crippen LogP contribution in [0.1, 0.15) is 24.0 Å². The van der Waals surface area contributed by atoms with Crippen LogP contribution in [0.5, 0.6) is 0 Å². The zero-order valence-corrected chi connectivity index (χ0v) is 9.25. The van der Waals surface area contributed by atoms with Crippen molar-refractivity contribution in [1.82, 2.24) is 5.32 Å². The minimum Gasteiger partial charge on any atom is -0.384 e. The Balaban J connectivity index is 1.73. The smallest absolute Gasteiger partial charge is 0.224 e. The van der Waals surface area contributed by atoms with Gasteiger partial charge < -0.3 is 10.6 Å². The van der Waals surface area contributed by atoms with Crippen molar-refractivity contribution in [3.63, 3.8) is 0 Å². The van der Waals surface area contributed by atoms with Gasteiger partial charge in [-0.1, -0.05) is 18.2 Å². The van der Waals surface area contributed by atoms with E-state index in [-0.39, 0.29) is 5.91 Å². The van der Waals surface area contributed by atoms with Gasteiger partial charge in [0.25, 0.3) is 0 Å². The molecular formula is C13H16N2O. The summed E-state index contributed by atoms with van der Waals surface area (Å²) in [6.07, 6.45) is 3.88. The first-order chi connectivity index (χ1) is 7.83. The number of rotatable bonds is 3. The maximum atomic E-state index is 11.7. The number of carbonyl (C=O) groups excluding carboxylic acids is 1. The van der Waals surface area contributed by atoms with Crippen molar-refractivity contribution >= 4 is 11.6 Å². The second-order valence-corrected chi connectivity index (χ2v) is 4.65. The maximum Gasteiger partial charge on any atom is 0.224 e. The Labute approximate surface area is 95.2 Å². The van der Waals surface area contributed by atoms with Crippen LogP contribution >= 0.6 is 0 Å². The van der Waals surface area contributed by atoms with Crippen molar-refractivity contribution in [1.29, 1.82) is 0 Å². The van der Waals surface area contributed by atoms with Gasteiger partial charge in [-0.25, -0.2) is 0 Å². The van der Waals surface area contributed by atoms with Crippen LogP contribution in [0.15, 0.2) is 18.2 Å². The largest absolute Gasteiger partial charge is 0.384 e. The van der Waals surface area contributed by atoms with E-state index >= 15 is 0 Å². The van der Waals surface area contributed by atoms with Crippen LogP contribution in [0.3, 0.4) is 0 Å². The third kappa shape index (κ3) is 1.90. The standard InChI is InChI=1S/C13H16N2O/c16-12(15-11-4-5-11)8-10-3-1-2-9-6-7-14-13(9)10/h1-3,11,14H,4-8H2,(H,15,16). The molecule has 16 heavy (non-hydrogen) atoms. The predicted octanol–water partition coefficient (Wildman–Crippen LogP) is 1.48. The summed E-state index contributed by atoms with van der Waals surface area (Å²) in [5, 5.41) is 6.39. The molecule has 0 saturated heterocycles. The Kier molecular flexibility index (Phi) is 2.31. The van der Waals surface area contributed by atoms with Gasteiger partial charge in [0, 0.05) is 18.3 Å². The van der Waals surface area contributed by atoms with Gasteiger partial charge in [-0.15, -0.1) is 0 Å². The quantitative estimate of drug-likeness (QED) is 0.803. The van der Waals surface area contributed by atoms with Gasteiger partial charge in [-0.3, -0.25) is 4.79 Å². The molecule has 0 spiro atoms. The molecular weight excluding hydrogens is 200 g/mol. The van der Waals surface area contributed by atoms with E-state index < -0.39 is 0 Å². The zero-order valence-electron chi connectivity index (χ0n) is 9.25. The predicted molar refractivity (Wildman–Crippen MR) is 63.5 cm³/mol. The first-order valence-electron chi connectivity index (χ1n) is 5.97. The highest BCUT2D eigenvalue weighted by Gasteiger charge is 2.24. The highest BCUT2D eigenvalue weighted by Crippen LogP contribution is 2.27. The van der Waals surface area contributed by atoms with E-state index in [9.17, 15) is 4.79 Å². The Hall–Kier alpha value is -1.51. The van der Waals surface area contributed by atoms with Crippen molar-refractivity contribution in [2.45, 2.75) is 31.7 Å². The molecule has 3 nitrogen and oxygen atoms in total. The van der Waals surface area contributed by atoms with Crippen molar-refractivity contribution in [3.8, 4) is 0 Å². The van der Waals surface area contributed by atoms with E-state index in [1.165, 1.54) is 11.3 Å². The highest BCUT2D eigenvalue weighted by atomic mass is 16.1. The van der Waals surface area contributed by atoms with Gasteiger partial charge in [0.05, 0.1) is 6.42 Å². The molecule has 1 fully saturated rings. The van der Waals surface area contributed by atoms with Crippen LogP contribution in [0, 0.1) is 0 Å². The van der Waals surface area contributed by atoms with Crippen LogP contribution in [0.25, 0.3) is 0 Å². The molecule has 1 saturated carbocycles. The average Bonchev–Trinajstić information content (AvgIpc) is 2.94. The molecule has 2 aliphatic rings. The summed E-state index contributed by atoms with van der Waals surface area (Å²) in [6, 6.07) is 6.68. The molecule has 0 bridgehead atoms. The summed E-state index contributed by atoms with van der Waals surface area (Å²) in [7, 11) is 0. The number of nitrogens with one attached hydrogen (secondary N) is 2. The summed E-state index contributed by atoms with van der Waals surface area (Å²) < 4.78 is 0. The molecule has 1 aliphatic carbocycles. The first kappa shape index (κ1) is 9.70. The van der Waals surface area contributed by atoms with Crippen molar-refractivity contribution in [3.05, 3.63) is 29.3 Å². The number of amides is 1. The molecule has 0 aromatic heterocycles.